The van der Waals surface area contributed by atoms with Crippen molar-refractivity contribution in [2.75, 3.05) is 20.8 Å². The fourth-order valence-electron chi connectivity index (χ4n) is 4.41. The summed E-state index contributed by atoms with van der Waals surface area (Å²) in [5, 5.41) is 4.72. The van der Waals surface area contributed by atoms with Gasteiger partial charge in [-0.2, -0.15) is 13.2 Å². The predicted octanol–water partition coefficient (Wildman–Crippen LogP) is 2.28. The van der Waals surface area contributed by atoms with Crippen molar-refractivity contribution < 1.29 is 51.4 Å². The van der Waals surface area contributed by atoms with Crippen molar-refractivity contribution >= 4 is 35.4 Å². The molecule has 41 heavy (non-hydrogen) atoms. The van der Waals surface area contributed by atoms with E-state index in [1.165, 1.54) is 36.9 Å². The molecule has 14 heteroatoms. The van der Waals surface area contributed by atoms with Crippen LogP contribution in [-0.2, 0) is 23.9 Å². The molecule has 1 aliphatic heterocycles. The van der Waals surface area contributed by atoms with Gasteiger partial charge in [0.05, 0.1) is 31.4 Å². The van der Waals surface area contributed by atoms with E-state index in [-0.39, 0.29) is 29.7 Å². The van der Waals surface area contributed by atoms with Crippen LogP contribution in [0.15, 0.2) is 18.2 Å². The quantitative estimate of drug-likeness (QED) is 0.398. The number of Topliss-reactive ketones (excluding diaryl/α,β-unsaturated/α-hetero) is 1. The van der Waals surface area contributed by atoms with E-state index in [0.29, 0.717) is 6.42 Å². The summed E-state index contributed by atoms with van der Waals surface area (Å²) in [6, 6.07) is -0.641. The molecule has 1 saturated heterocycles. The molecule has 2 N–H and O–H groups in total. The van der Waals surface area contributed by atoms with Gasteiger partial charge in [-0.05, 0) is 42.9 Å². The van der Waals surface area contributed by atoms with E-state index in [9.17, 15) is 41.9 Å². The summed E-state index contributed by atoms with van der Waals surface area (Å²) in [4.78, 5) is 77.0. The number of nitrogens with zero attached hydrogens (tertiary/aromatic N) is 1. The van der Waals surface area contributed by atoms with E-state index in [2.05, 4.69) is 20.1 Å². The van der Waals surface area contributed by atoms with Crippen LogP contribution in [0, 0.1) is 11.8 Å². The molecule has 3 atom stereocenters. The second-order valence-corrected chi connectivity index (χ2v) is 10.3. The van der Waals surface area contributed by atoms with E-state index in [1.54, 1.807) is 13.8 Å². The Morgan fingerprint density at radius 3 is 1.76 bits per heavy atom. The Bertz CT molecular complexity index is 1160. The molecule has 11 nitrogen and oxygen atoms in total. The molecule has 3 amide bonds. The third-order valence-electron chi connectivity index (χ3n) is 6.62. The van der Waals surface area contributed by atoms with Gasteiger partial charge in [-0.3, -0.25) is 19.2 Å². The highest BCUT2D eigenvalue weighted by Crippen LogP contribution is 2.24. The van der Waals surface area contributed by atoms with E-state index in [4.69, 9.17) is 0 Å². The van der Waals surface area contributed by atoms with Crippen molar-refractivity contribution in [1.29, 1.82) is 0 Å². The maximum absolute atomic E-state index is 13.6. The van der Waals surface area contributed by atoms with E-state index >= 15 is 0 Å². The molecular formula is C27H34F3N3O8. The van der Waals surface area contributed by atoms with Gasteiger partial charge in [0.15, 0.2) is 0 Å². The SMILES string of the molecule is COC(=O)c1cc(C(=O)N[C@H](C(=O)N2CCCC2C(=O)NC(C(=O)C(F)(F)F)C(C)C)C(C)C)cc(C(=O)OC)c1. The molecule has 0 spiro atoms. The minimum atomic E-state index is -5.15. The molecule has 2 rings (SSSR count). The molecule has 0 bridgehead atoms. The number of ether oxygens (including phenoxy) is 2. The minimum Gasteiger partial charge on any atom is -0.465 e. The van der Waals surface area contributed by atoms with E-state index < -0.39 is 71.6 Å². The number of nitrogens with one attached hydrogen (secondary N) is 2. The van der Waals surface area contributed by atoms with Crippen LogP contribution in [-0.4, -0.2) is 85.4 Å². The summed E-state index contributed by atoms with van der Waals surface area (Å²) < 4.78 is 48.5. The van der Waals surface area contributed by atoms with Crippen molar-refractivity contribution in [1.82, 2.24) is 15.5 Å². The third-order valence-corrected chi connectivity index (χ3v) is 6.62. The van der Waals surface area contributed by atoms with Crippen LogP contribution < -0.4 is 10.6 Å². The summed E-state index contributed by atoms with van der Waals surface area (Å²) in [7, 11) is 2.23. The van der Waals surface area contributed by atoms with E-state index in [0.717, 1.165) is 14.2 Å². The first-order valence-electron chi connectivity index (χ1n) is 12.9. The lowest BCUT2D eigenvalue weighted by molar-refractivity contribution is -0.175. The first-order chi connectivity index (χ1) is 19.0. The fourth-order valence-corrected chi connectivity index (χ4v) is 4.41. The Morgan fingerprint density at radius 2 is 1.32 bits per heavy atom. The first kappa shape index (κ1) is 33.2. The number of halogens is 3. The molecular weight excluding hydrogens is 551 g/mol. The van der Waals surface area contributed by atoms with Gasteiger partial charge in [-0.25, -0.2) is 9.59 Å². The van der Waals surface area contributed by atoms with Gasteiger partial charge in [0.1, 0.15) is 12.1 Å². The number of hydrogen-bond donors (Lipinski definition) is 2. The number of likely N-dealkylation sites (tertiary alicyclic amines) is 1. The lowest BCUT2D eigenvalue weighted by atomic mass is 9.98. The van der Waals surface area contributed by atoms with Crippen LogP contribution in [0.4, 0.5) is 13.2 Å². The molecule has 1 aromatic carbocycles. The van der Waals surface area contributed by atoms with Gasteiger partial charge in [0.2, 0.25) is 11.8 Å². The number of alkyl halides is 3. The highest BCUT2D eigenvalue weighted by Gasteiger charge is 2.46. The number of rotatable bonds is 10. The normalized spacial score (nSPS) is 16.7. The van der Waals surface area contributed by atoms with Gasteiger partial charge in [-0.15, -0.1) is 0 Å². The average Bonchev–Trinajstić information content (AvgIpc) is 3.41. The number of benzene rings is 1. The van der Waals surface area contributed by atoms with Gasteiger partial charge in [-0.1, -0.05) is 27.7 Å². The minimum absolute atomic E-state index is 0.0971. The number of hydrogen-bond acceptors (Lipinski definition) is 8. The summed E-state index contributed by atoms with van der Waals surface area (Å²) in [5.74, 6) is -7.49. The topological polar surface area (TPSA) is 148 Å². The number of esters is 2. The molecule has 1 heterocycles. The Kier molecular flexibility index (Phi) is 11.0. The van der Waals surface area contributed by atoms with Crippen LogP contribution in [0.5, 0.6) is 0 Å². The molecule has 1 fully saturated rings. The molecule has 226 valence electrons. The first-order valence-corrected chi connectivity index (χ1v) is 12.9. The maximum Gasteiger partial charge on any atom is 0.452 e. The standard InChI is InChI=1S/C27H34F3N3O8/c1-13(2)19(21(34)27(28,29)30)31-23(36)18-8-7-9-33(18)24(37)20(14(3)4)32-22(35)15-10-16(25(38)40-5)12-17(11-15)26(39)41-6/h10-14,18-20H,7-9H2,1-6H3,(H,31,36)(H,32,35)/t18?,19?,20-/m0/s1. The molecule has 0 aliphatic carbocycles. The Balaban J connectivity index is 2.31. The number of methoxy groups -OCH3 is 2. The average molecular weight is 586 g/mol. The van der Waals surface area contributed by atoms with Gasteiger partial charge >= 0.3 is 18.1 Å². The van der Waals surface area contributed by atoms with Crippen LogP contribution in [0.3, 0.4) is 0 Å². The second kappa shape index (κ2) is 13.6. The van der Waals surface area contributed by atoms with Gasteiger partial charge < -0.3 is 25.0 Å². The largest absolute Gasteiger partial charge is 0.465 e. The molecule has 1 aliphatic rings. The van der Waals surface area contributed by atoms with Crippen LogP contribution in [0.25, 0.3) is 0 Å². The number of amides is 3. The van der Waals surface area contributed by atoms with Crippen LogP contribution in [0.2, 0.25) is 0 Å². The van der Waals surface area contributed by atoms with Crippen molar-refractivity contribution in [2.45, 2.75) is 64.8 Å². The van der Waals surface area contributed by atoms with Crippen molar-refractivity contribution in [2.24, 2.45) is 11.8 Å². The number of carbonyl (C=O) groups is 6. The summed E-state index contributed by atoms with van der Waals surface area (Å²) >= 11 is 0. The van der Waals surface area contributed by atoms with Crippen LogP contribution in [0.1, 0.15) is 71.6 Å². The maximum atomic E-state index is 13.6. The molecule has 1 aromatic rings. The summed E-state index contributed by atoms with van der Waals surface area (Å²) in [5.41, 5.74) is -0.373. The fraction of sp³-hybridized carbons (Fsp3) is 0.556. The Morgan fingerprint density at radius 1 is 0.829 bits per heavy atom. The zero-order valence-electron chi connectivity index (χ0n) is 23.6. The molecule has 0 radical (unpaired) electrons. The van der Waals surface area contributed by atoms with Crippen molar-refractivity contribution in [3.05, 3.63) is 34.9 Å². The van der Waals surface area contributed by atoms with Gasteiger partial charge in [0.25, 0.3) is 11.7 Å². The van der Waals surface area contributed by atoms with Crippen LogP contribution >= 0.6 is 0 Å². The molecule has 2 unspecified atom stereocenters. The predicted molar refractivity (Wildman–Crippen MR) is 138 cm³/mol. The third kappa shape index (κ3) is 8.04. The number of carbonyl (C=O) groups excluding carboxylic acids is 6. The summed E-state index contributed by atoms with van der Waals surface area (Å²) in [6.07, 6.45) is -4.64. The Labute approximate surface area is 235 Å². The monoisotopic (exact) mass is 585 g/mol. The second-order valence-electron chi connectivity index (χ2n) is 10.3. The lowest BCUT2D eigenvalue weighted by Gasteiger charge is -2.32. The zero-order chi connectivity index (χ0) is 31.2. The summed E-state index contributed by atoms with van der Waals surface area (Å²) in [6.45, 7) is 6.08. The lowest BCUT2D eigenvalue weighted by Crippen LogP contribution is -2.58. The van der Waals surface area contributed by atoms with Crippen molar-refractivity contribution in [3.8, 4) is 0 Å². The molecule has 0 aromatic heterocycles. The Hall–Kier alpha value is -3.97. The van der Waals surface area contributed by atoms with E-state index in [1.807, 2.05) is 0 Å². The zero-order valence-corrected chi connectivity index (χ0v) is 23.6. The highest BCUT2D eigenvalue weighted by molar-refractivity contribution is 6.03. The highest BCUT2D eigenvalue weighted by atomic mass is 19.4. The number of ketones is 1. The van der Waals surface area contributed by atoms with Gasteiger partial charge in [0, 0.05) is 12.1 Å². The smallest absolute Gasteiger partial charge is 0.452 e. The molecule has 0 saturated carbocycles. The van der Waals surface area contributed by atoms with Crippen molar-refractivity contribution in [3.63, 3.8) is 0 Å².